The number of amides is 1. The van der Waals surface area contributed by atoms with E-state index in [1.165, 1.54) is 32.1 Å². The molecule has 28 heavy (non-hydrogen) atoms. The van der Waals surface area contributed by atoms with E-state index in [4.69, 9.17) is 5.73 Å². The topological polar surface area (TPSA) is 104 Å². The summed E-state index contributed by atoms with van der Waals surface area (Å²) in [5.74, 6) is 0.531. The molecule has 3 atom stereocenters. The van der Waals surface area contributed by atoms with Crippen molar-refractivity contribution in [2.75, 3.05) is 24.6 Å². The summed E-state index contributed by atoms with van der Waals surface area (Å²) in [6, 6.07) is 2.65. The van der Waals surface area contributed by atoms with Gasteiger partial charge in [-0.25, -0.2) is 4.98 Å². The number of nitrogens with two attached hydrogens (primary N) is 1. The first-order valence-electron chi connectivity index (χ1n) is 10.3. The number of anilines is 1. The number of rotatable bonds is 6. The van der Waals surface area contributed by atoms with Gasteiger partial charge in [0.15, 0.2) is 0 Å². The molecule has 2 aliphatic rings. The minimum Gasteiger partial charge on any atom is -0.396 e. The number of aliphatic hydroxyl groups is 1. The van der Waals surface area contributed by atoms with Crippen LogP contribution in [0, 0.1) is 5.92 Å². The van der Waals surface area contributed by atoms with Crippen molar-refractivity contribution in [3.63, 3.8) is 0 Å². The highest BCUT2D eigenvalue weighted by molar-refractivity contribution is 9.10. The van der Waals surface area contributed by atoms with Crippen molar-refractivity contribution in [1.29, 1.82) is 0 Å². The van der Waals surface area contributed by atoms with Crippen LogP contribution in [0.15, 0.2) is 16.7 Å². The summed E-state index contributed by atoms with van der Waals surface area (Å²) in [4.78, 5) is 19.2. The van der Waals surface area contributed by atoms with Crippen LogP contribution in [0.5, 0.6) is 0 Å². The third-order valence-corrected chi connectivity index (χ3v) is 6.19. The fourth-order valence-corrected chi connectivity index (χ4v) is 4.67. The summed E-state index contributed by atoms with van der Waals surface area (Å²) in [6.07, 6.45) is 8.58. The van der Waals surface area contributed by atoms with Gasteiger partial charge in [-0.05, 0) is 48.2 Å². The first kappa shape index (κ1) is 21.5. The van der Waals surface area contributed by atoms with Crippen LogP contribution in [-0.4, -0.2) is 53.9 Å². The Bertz CT molecular complexity index is 666. The molecule has 5 N–H and O–H groups in total. The van der Waals surface area contributed by atoms with Crippen molar-refractivity contribution in [3.8, 4) is 0 Å². The molecule has 3 rings (SSSR count). The Morgan fingerprint density at radius 1 is 1.39 bits per heavy atom. The molecule has 1 aliphatic carbocycles. The average molecular weight is 454 g/mol. The molecule has 2 fully saturated rings. The largest absolute Gasteiger partial charge is 0.396 e. The van der Waals surface area contributed by atoms with E-state index >= 15 is 0 Å². The van der Waals surface area contributed by atoms with Crippen molar-refractivity contribution in [3.05, 3.63) is 22.3 Å². The molecule has 0 bridgehead atoms. The van der Waals surface area contributed by atoms with E-state index in [0.29, 0.717) is 30.0 Å². The molecule has 1 saturated heterocycles. The van der Waals surface area contributed by atoms with Crippen LogP contribution in [0.1, 0.15) is 55.8 Å². The molecule has 1 amide bonds. The van der Waals surface area contributed by atoms with Crippen LogP contribution < -0.4 is 21.3 Å². The van der Waals surface area contributed by atoms with Crippen LogP contribution >= 0.6 is 15.9 Å². The molecule has 0 radical (unpaired) electrons. The van der Waals surface area contributed by atoms with Gasteiger partial charge in [0.25, 0.3) is 5.91 Å². The van der Waals surface area contributed by atoms with Crippen LogP contribution in [0.3, 0.4) is 0 Å². The van der Waals surface area contributed by atoms with E-state index < -0.39 is 6.17 Å². The van der Waals surface area contributed by atoms with Crippen LogP contribution in [-0.2, 0) is 0 Å². The predicted octanol–water partition coefficient (Wildman–Crippen LogP) is 1.99. The second-order valence-electron chi connectivity index (χ2n) is 8.07. The minimum atomic E-state index is -0.435. The van der Waals surface area contributed by atoms with Crippen molar-refractivity contribution < 1.29 is 9.90 Å². The Kier molecular flexibility index (Phi) is 7.68. The first-order valence-corrected chi connectivity index (χ1v) is 11.1. The maximum absolute atomic E-state index is 12.6. The molecule has 1 aromatic heterocycles. The van der Waals surface area contributed by atoms with Crippen LogP contribution in [0.25, 0.3) is 0 Å². The van der Waals surface area contributed by atoms with Gasteiger partial charge in [-0.15, -0.1) is 0 Å². The predicted molar refractivity (Wildman–Crippen MR) is 114 cm³/mol. The van der Waals surface area contributed by atoms with Crippen molar-refractivity contribution >= 4 is 27.7 Å². The third kappa shape index (κ3) is 5.43. The standard InChI is InChI=1S/C20H32BrN5O2/c1-13(22)24-20(28)17-9-15(21)10-23-19(17)26-8-7-18(14(11-26)12-27)25-16-5-3-2-4-6-16/h9-10,13-14,16,18,25,27H,2-8,11-12,22H2,1H3,(H,24,28). The highest BCUT2D eigenvalue weighted by Crippen LogP contribution is 2.28. The Labute approximate surface area is 175 Å². The van der Waals surface area contributed by atoms with Gasteiger partial charge < -0.3 is 26.4 Å². The van der Waals surface area contributed by atoms with E-state index in [1.54, 1.807) is 19.2 Å². The zero-order valence-corrected chi connectivity index (χ0v) is 18.1. The van der Waals surface area contributed by atoms with Gasteiger partial charge in [0.05, 0.1) is 11.7 Å². The Morgan fingerprint density at radius 3 is 2.82 bits per heavy atom. The number of carbonyl (C=O) groups is 1. The minimum absolute atomic E-state index is 0.116. The lowest BCUT2D eigenvalue weighted by molar-refractivity contribution is 0.0941. The second-order valence-corrected chi connectivity index (χ2v) is 8.99. The molecule has 0 aromatic carbocycles. The summed E-state index contributed by atoms with van der Waals surface area (Å²) in [6.45, 7) is 3.33. The van der Waals surface area contributed by atoms with Gasteiger partial charge >= 0.3 is 0 Å². The van der Waals surface area contributed by atoms with Gasteiger partial charge in [-0.2, -0.15) is 0 Å². The van der Waals surface area contributed by atoms with Crippen LogP contribution in [0.2, 0.25) is 0 Å². The van der Waals surface area contributed by atoms with Gasteiger partial charge in [0.2, 0.25) is 0 Å². The number of nitrogens with one attached hydrogen (secondary N) is 2. The molecule has 1 saturated carbocycles. The molecule has 0 spiro atoms. The lowest BCUT2D eigenvalue weighted by Gasteiger charge is -2.41. The summed E-state index contributed by atoms with van der Waals surface area (Å²) < 4.78 is 0.749. The van der Waals surface area contributed by atoms with E-state index in [1.807, 2.05) is 0 Å². The fraction of sp³-hybridized carbons (Fsp3) is 0.700. The number of nitrogens with zero attached hydrogens (tertiary/aromatic N) is 2. The maximum Gasteiger partial charge on any atom is 0.256 e. The molecule has 156 valence electrons. The number of piperidine rings is 1. The fourth-order valence-electron chi connectivity index (χ4n) is 4.34. The maximum atomic E-state index is 12.6. The number of aliphatic hydroxyl groups excluding tert-OH is 1. The summed E-state index contributed by atoms with van der Waals surface area (Å²) in [7, 11) is 0. The van der Waals surface area contributed by atoms with Gasteiger partial charge in [0, 0.05) is 48.4 Å². The van der Waals surface area contributed by atoms with E-state index in [0.717, 1.165) is 17.4 Å². The summed E-state index contributed by atoms with van der Waals surface area (Å²) in [5.41, 5.74) is 6.23. The molecule has 2 heterocycles. The summed E-state index contributed by atoms with van der Waals surface area (Å²) >= 11 is 3.40. The number of halogens is 1. The lowest BCUT2D eigenvalue weighted by atomic mass is 9.89. The Hall–Kier alpha value is -1.22. The van der Waals surface area contributed by atoms with E-state index in [9.17, 15) is 9.90 Å². The highest BCUT2D eigenvalue weighted by atomic mass is 79.9. The van der Waals surface area contributed by atoms with Gasteiger partial charge in [0.1, 0.15) is 5.82 Å². The number of pyridine rings is 1. The van der Waals surface area contributed by atoms with Gasteiger partial charge in [-0.1, -0.05) is 19.3 Å². The molecule has 8 heteroatoms. The zero-order chi connectivity index (χ0) is 20.1. The van der Waals surface area contributed by atoms with E-state index in [2.05, 4.69) is 36.4 Å². The zero-order valence-electron chi connectivity index (χ0n) is 16.5. The average Bonchev–Trinajstić information content (AvgIpc) is 2.68. The van der Waals surface area contributed by atoms with Crippen molar-refractivity contribution in [2.24, 2.45) is 11.7 Å². The monoisotopic (exact) mass is 453 g/mol. The quantitative estimate of drug-likeness (QED) is 0.491. The molecular formula is C20H32BrN5O2. The van der Waals surface area contributed by atoms with E-state index in [-0.39, 0.29) is 18.4 Å². The molecular weight excluding hydrogens is 422 g/mol. The smallest absolute Gasteiger partial charge is 0.256 e. The first-order chi connectivity index (χ1) is 13.5. The lowest BCUT2D eigenvalue weighted by Crippen LogP contribution is -2.54. The molecule has 1 aliphatic heterocycles. The SMILES string of the molecule is CC(N)NC(=O)c1cc(Br)cnc1N1CCC(NC2CCCCC2)C(CO)C1. The molecule has 7 nitrogen and oxygen atoms in total. The molecule has 3 unspecified atom stereocenters. The Morgan fingerprint density at radius 2 is 2.14 bits per heavy atom. The molecule has 1 aromatic rings. The summed E-state index contributed by atoms with van der Waals surface area (Å²) in [5, 5.41) is 16.5. The highest BCUT2D eigenvalue weighted by Gasteiger charge is 2.32. The normalized spacial score (nSPS) is 24.8. The van der Waals surface area contributed by atoms with Crippen molar-refractivity contribution in [2.45, 2.75) is 63.7 Å². The van der Waals surface area contributed by atoms with Crippen molar-refractivity contribution in [1.82, 2.24) is 15.6 Å². The second kappa shape index (κ2) is 10.0. The Balaban J connectivity index is 1.72. The number of carbonyl (C=O) groups excluding carboxylic acids is 1. The number of hydrogen-bond acceptors (Lipinski definition) is 6. The number of aromatic nitrogens is 1. The number of hydrogen-bond donors (Lipinski definition) is 4. The third-order valence-electron chi connectivity index (χ3n) is 5.76. The van der Waals surface area contributed by atoms with Gasteiger partial charge in [-0.3, -0.25) is 4.79 Å². The van der Waals surface area contributed by atoms with Crippen LogP contribution in [0.4, 0.5) is 5.82 Å².